The predicted octanol–water partition coefficient (Wildman–Crippen LogP) is 2.29. The van der Waals surface area contributed by atoms with Gasteiger partial charge < -0.3 is 10.5 Å². The summed E-state index contributed by atoms with van der Waals surface area (Å²) in [6.07, 6.45) is 0. The Kier molecular flexibility index (Phi) is 2.23. The molecule has 0 bridgehead atoms. The van der Waals surface area contributed by atoms with Gasteiger partial charge in [0.2, 0.25) is 0 Å². The lowest BCUT2D eigenvalue weighted by Gasteiger charge is -2.06. The van der Waals surface area contributed by atoms with Gasteiger partial charge >= 0.3 is 0 Å². The van der Waals surface area contributed by atoms with Gasteiger partial charge in [-0.2, -0.15) is 0 Å². The number of benzene rings is 1. The Morgan fingerprint density at radius 3 is 2.40 bits per heavy atom. The molecule has 1 aromatic carbocycles. The fourth-order valence-corrected chi connectivity index (χ4v) is 2.16. The van der Waals surface area contributed by atoms with E-state index in [-0.39, 0.29) is 23.2 Å². The number of hydrogen-bond donors (Lipinski definition) is 1. The van der Waals surface area contributed by atoms with E-state index < -0.39 is 0 Å². The van der Waals surface area contributed by atoms with Crippen LogP contribution in [-0.2, 0) is 0 Å². The van der Waals surface area contributed by atoms with Gasteiger partial charge in [-0.15, -0.1) is 0 Å². The minimum atomic E-state index is -0.222. The van der Waals surface area contributed by atoms with Crippen LogP contribution in [0.4, 0.5) is 4.39 Å². The highest BCUT2D eigenvalue weighted by atomic mass is 19.1. The molecule has 2 nitrogen and oxygen atoms in total. The second kappa shape index (κ2) is 3.20. The van der Waals surface area contributed by atoms with Gasteiger partial charge in [0, 0.05) is 18.0 Å². The molecule has 2 rings (SSSR count). The molecule has 0 amide bonds. The van der Waals surface area contributed by atoms with Gasteiger partial charge in [-0.25, -0.2) is 4.39 Å². The number of halogens is 1. The molecule has 2 N–H and O–H groups in total. The average Bonchev–Trinajstić information content (AvgIpc) is 2.67. The Hall–Kier alpha value is -1.09. The smallest absolute Gasteiger partial charge is 0.130 e. The number of ether oxygens (including phenoxy) is 1. The Bertz CT molecular complexity index is 389. The van der Waals surface area contributed by atoms with Crippen molar-refractivity contribution in [1.29, 1.82) is 0 Å². The summed E-state index contributed by atoms with van der Waals surface area (Å²) in [6, 6.07) is 5.02. The molecule has 15 heavy (non-hydrogen) atoms. The maximum atomic E-state index is 13.7. The van der Waals surface area contributed by atoms with Gasteiger partial charge in [-0.3, -0.25) is 0 Å². The van der Waals surface area contributed by atoms with E-state index >= 15 is 0 Å². The zero-order chi connectivity index (χ0) is 11.2. The Morgan fingerprint density at radius 2 is 2.00 bits per heavy atom. The lowest BCUT2D eigenvalue weighted by Crippen LogP contribution is -2.06. The van der Waals surface area contributed by atoms with E-state index in [0.29, 0.717) is 11.3 Å². The van der Waals surface area contributed by atoms with Crippen LogP contribution >= 0.6 is 0 Å². The minimum absolute atomic E-state index is 0.00935. The molecule has 0 heterocycles. The van der Waals surface area contributed by atoms with Crippen molar-refractivity contribution in [3.63, 3.8) is 0 Å². The second-order valence-corrected chi connectivity index (χ2v) is 4.71. The van der Waals surface area contributed by atoms with Crippen molar-refractivity contribution in [1.82, 2.24) is 0 Å². The summed E-state index contributed by atoms with van der Waals surface area (Å²) in [6.45, 7) is 4.12. The SMILES string of the molecule is COc1ccc([C@H]2[C@H](N)C2(C)C)c(F)c1. The average molecular weight is 209 g/mol. The molecule has 0 unspecified atom stereocenters. The molecular weight excluding hydrogens is 193 g/mol. The number of nitrogens with two attached hydrogens (primary N) is 1. The van der Waals surface area contributed by atoms with E-state index in [9.17, 15) is 4.39 Å². The molecule has 3 heteroatoms. The minimum Gasteiger partial charge on any atom is -0.497 e. The highest BCUT2D eigenvalue weighted by Crippen LogP contribution is 2.57. The van der Waals surface area contributed by atoms with Crippen molar-refractivity contribution >= 4 is 0 Å². The molecule has 0 radical (unpaired) electrons. The summed E-state index contributed by atoms with van der Waals surface area (Å²) in [5, 5.41) is 0. The van der Waals surface area contributed by atoms with Crippen LogP contribution in [0, 0.1) is 11.2 Å². The summed E-state index contributed by atoms with van der Waals surface area (Å²) < 4.78 is 18.7. The highest BCUT2D eigenvalue weighted by Gasteiger charge is 2.56. The Balaban J connectivity index is 2.32. The van der Waals surface area contributed by atoms with Gasteiger partial charge in [0.05, 0.1) is 7.11 Å². The Morgan fingerprint density at radius 1 is 1.40 bits per heavy atom. The molecule has 82 valence electrons. The van der Waals surface area contributed by atoms with Crippen molar-refractivity contribution in [2.24, 2.45) is 11.1 Å². The van der Waals surface area contributed by atoms with Gasteiger partial charge in [0.25, 0.3) is 0 Å². The molecule has 0 aromatic heterocycles. The maximum Gasteiger partial charge on any atom is 0.130 e. The van der Waals surface area contributed by atoms with Gasteiger partial charge in [0.1, 0.15) is 11.6 Å². The molecule has 0 saturated heterocycles. The lowest BCUT2D eigenvalue weighted by molar-refractivity contribution is 0.410. The van der Waals surface area contributed by atoms with E-state index in [0.717, 1.165) is 0 Å². The molecule has 0 aliphatic heterocycles. The van der Waals surface area contributed by atoms with Crippen LogP contribution in [0.1, 0.15) is 25.3 Å². The number of methoxy groups -OCH3 is 1. The summed E-state index contributed by atoms with van der Waals surface area (Å²) in [5.41, 5.74) is 6.63. The maximum absolute atomic E-state index is 13.7. The fraction of sp³-hybridized carbons (Fsp3) is 0.500. The quantitative estimate of drug-likeness (QED) is 0.811. The monoisotopic (exact) mass is 209 g/mol. The van der Waals surface area contributed by atoms with Crippen molar-refractivity contribution in [3.05, 3.63) is 29.6 Å². The summed E-state index contributed by atoms with van der Waals surface area (Å²) in [4.78, 5) is 0. The van der Waals surface area contributed by atoms with Crippen LogP contribution in [0.15, 0.2) is 18.2 Å². The number of hydrogen-bond acceptors (Lipinski definition) is 2. The first-order valence-electron chi connectivity index (χ1n) is 5.07. The summed E-state index contributed by atoms with van der Waals surface area (Å²) >= 11 is 0. The van der Waals surface area contributed by atoms with Crippen molar-refractivity contribution in [2.75, 3.05) is 7.11 Å². The molecule has 0 spiro atoms. The van der Waals surface area contributed by atoms with E-state index in [1.807, 2.05) is 0 Å². The van der Waals surface area contributed by atoms with Crippen LogP contribution in [0.2, 0.25) is 0 Å². The highest BCUT2D eigenvalue weighted by molar-refractivity contribution is 5.38. The van der Waals surface area contributed by atoms with Gasteiger partial charge in [-0.05, 0) is 17.0 Å². The van der Waals surface area contributed by atoms with Crippen molar-refractivity contribution in [2.45, 2.75) is 25.8 Å². The molecule has 1 aliphatic carbocycles. The molecule has 1 fully saturated rings. The van der Waals surface area contributed by atoms with E-state index in [2.05, 4.69) is 13.8 Å². The van der Waals surface area contributed by atoms with E-state index in [1.165, 1.54) is 13.2 Å². The van der Waals surface area contributed by atoms with Crippen LogP contribution in [-0.4, -0.2) is 13.2 Å². The third-order valence-electron chi connectivity index (χ3n) is 3.45. The van der Waals surface area contributed by atoms with Gasteiger partial charge in [-0.1, -0.05) is 19.9 Å². The van der Waals surface area contributed by atoms with Gasteiger partial charge in [0.15, 0.2) is 0 Å². The first kappa shape index (κ1) is 10.4. The topological polar surface area (TPSA) is 35.2 Å². The number of rotatable bonds is 2. The first-order valence-corrected chi connectivity index (χ1v) is 5.07. The van der Waals surface area contributed by atoms with Crippen LogP contribution in [0.25, 0.3) is 0 Å². The summed E-state index contributed by atoms with van der Waals surface area (Å²) in [7, 11) is 1.53. The van der Waals surface area contributed by atoms with Crippen LogP contribution in [0.3, 0.4) is 0 Å². The summed E-state index contributed by atoms with van der Waals surface area (Å²) in [5.74, 6) is 0.451. The molecular formula is C12H16FNO. The van der Waals surface area contributed by atoms with Crippen molar-refractivity contribution < 1.29 is 9.13 Å². The third-order valence-corrected chi connectivity index (χ3v) is 3.45. The molecule has 2 atom stereocenters. The van der Waals surface area contributed by atoms with Crippen LogP contribution < -0.4 is 10.5 Å². The normalized spacial score (nSPS) is 27.5. The molecule has 1 aliphatic rings. The predicted molar refractivity (Wildman–Crippen MR) is 57.4 cm³/mol. The Labute approximate surface area is 89.2 Å². The van der Waals surface area contributed by atoms with Crippen LogP contribution in [0.5, 0.6) is 5.75 Å². The zero-order valence-electron chi connectivity index (χ0n) is 9.25. The standard InChI is InChI=1S/C12H16FNO/c1-12(2)10(11(12)14)8-5-4-7(15-3)6-9(8)13/h4-6,10-11H,14H2,1-3H3/t10-,11-/m0/s1. The largest absolute Gasteiger partial charge is 0.497 e. The molecule has 1 aromatic rings. The lowest BCUT2D eigenvalue weighted by atomic mass is 10.0. The second-order valence-electron chi connectivity index (χ2n) is 4.71. The molecule has 1 saturated carbocycles. The third kappa shape index (κ3) is 1.51. The fourth-order valence-electron chi connectivity index (χ4n) is 2.16. The van der Waals surface area contributed by atoms with Crippen molar-refractivity contribution in [3.8, 4) is 5.75 Å². The zero-order valence-corrected chi connectivity index (χ0v) is 9.25. The van der Waals surface area contributed by atoms with E-state index in [1.54, 1.807) is 12.1 Å². The first-order chi connectivity index (χ1) is 6.98. The van der Waals surface area contributed by atoms with E-state index in [4.69, 9.17) is 10.5 Å².